The topological polar surface area (TPSA) is 64.1 Å². The fourth-order valence-corrected chi connectivity index (χ4v) is 5.19. The van der Waals surface area contributed by atoms with E-state index < -0.39 is 0 Å². The zero-order valence-corrected chi connectivity index (χ0v) is 21.0. The van der Waals surface area contributed by atoms with Gasteiger partial charge in [0.25, 0.3) is 5.91 Å². The lowest BCUT2D eigenvalue weighted by Gasteiger charge is -2.28. The van der Waals surface area contributed by atoms with Gasteiger partial charge in [-0.15, -0.1) is 12.4 Å². The number of morpholine rings is 1. The molecule has 0 atom stereocenters. The van der Waals surface area contributed by atoms with Gasteiger partial charge in [-0.25, -0.2) is 4.98 Å². The summed E-state index contributed by atoms with van der Waals surface area (Å²) in [4.78, 5) is 22.2. The zero-order valence-electron chi connectivity index (χ0n) is 18.7. The Morgan fingerprint density at radius 1 is 1.21 bits per heavy atom. The number of hydrogen-bond acceptors (Lipinski definition) is 7. The van der Waals surface area contributed by atoms with Crippen LogP contribution < -0.4 is 14.4 Å². The van der Waals surface area contributed by atoms with Crippen molar-refractivity contribution in [3.8, 4) is 11.5 Å². The van der Waals surface area contributed by atoms with Gasteiger partial charge in [0.15, 0.2) is 16.6 Å². The Balaban J connectivity index is 0.00000274. The molecule has 2 aliphatic heterocycles. The molecule has 7 nitrogen and oxygen atoms in total. The smallest absolute Gasteiger partial charge is 0.252 e. The minimum absolute atomic E-state index is 0. The van der Waals surface area contributed by atoms with Gasteiger partial charge in [0, 0.05) is 32.3 Å². The van der Waals surface area contributed by atoms with Crippen LogP contribution in [0.4, 0.5) is 5.13 Å². The third kappa shape index (κ3) is 5.31. The molecule has 0 aliphatic carbocycles. The summed E-state index contributed by atoms with van der Waals surface area (Å²) < 4.78 is 17.1. The molecule has 1 fully saturated rings. The highest BCUT2D eigenvalue weighted by Gasteiger charge is 2.21. The van der Waals surface area contributed by atoms with E-state index in [1.807, 2.05) is 37.3 Å². The van der Waals surface area contributed by atoms with Crippen molar-refractivity contribution >= 4 is 62.7 Å². The molecule has 1 aromatic heterocycles. The Morgan fingerprint density at radius 2 is 2.00 bits per heavy atom. The van der Waals surface area contributed by atoms with Crippen LogP contribution in [-0.4, -0.2) is 62.0 Å². The highest BCUT2D eigenvalue weighted by molar-refractivity contribution is 7.23. The molecule has 0 radical (unpaired) electrons. The fourth-order valence-electron chi connectivity index (χ4n) is 3.85. The van der Waals surface area contributed by atoms with Gasteiger partial charge in [0.05, 0.1) is 28.5 Å². The van der Waals surface area contributed by atoms with Gasteiger partial charge in [-0.2, -0.15) is 0 Å². The molecule has 0 N–H and O–H groups in total. The van der Waals surface area contributed by atoms with Gasteiger partial charge in [-0.3, -0.25) is 14.6 Å². The molecule has 1 amide bonds. The maximum absolute atomic E-state index is 13.3. The molecule has 0 spiro atoms. The van der Waals surface area contributed by atoms with Crippen molar-refractivity contribution in [2.24, 2.45) is 0 Å². The number of hydrogen-bond donors (Lipinski definition) is 0. The summed E-state index contributed by atoms with van der Waals surface area (Å²) >= 11 is 7.87. The lowest BCUT2D eigenvalue weighted by molar-refractivity contribution is -0.114. The average molecular weight is 522 g/mol. The number of thiazole rings is 1. The summed E-state index contributed by atoms with van der Waals surface area (Å²) in [5, 5.41) is 1.30. The van der Waals surface area contributed by atoms with Crippen LogP contribution in [0.2, 0.25) is 5.02 Å². The van der Waals surface area contributed by atoms with Crippen molar-refractivity contribution < 1.29 is 19.0 Å². The van der Waals surface area contributed by atoms with Crippen molar-refractivity contribution in [2.75, 3.05) is 51.1 Å². The second-order valence-corrected chi connectivity index (χ2v) is 9.31. The molecule has 10 heteroatoms. The standard InChI is InChI=1S/C24H24ClN3O4S.ClH/c1-16-2-5-18(25)23-22(16)26-24(33-23)28(9-8-27-10-12-30-13-11-27)21(29)7-4-17-3-6-19-20(14-17)32-15-31-19;/h2-7,14H,8-13,15H2,1H3;1H/b7-4+;. The molecule has 5 rings (SSSR count). The lowest BCUT2D eigenvalue weighted by atomic mass is 10.2. The Labute approximate surface area is 213 Å². The van der Waals surface area contributed by atoms with E-state index in [0.29, 0.717) is 41.4 Å². The Bertz CT molecular complexity index is 1170. The van der Waals surface area contributed by atoms with Crippen LogP contribution in [0.15, 0.2) is 36.4 Å². The van der Waals surface area contributed by atoms with Crippen molar-refractivity contribution in [3.63, 3.8) is 0 Å². The van der Waals surface area contributed by atoms with Gasteiger partial charge >= 0.3 is 0 Å². The molecule has 0 unspecified atom stereocenters. The second-order valence-electron chi connectivity index (χ2n) is 7.93. The van der Waals surface area contributed by atoms with E-state index in [1.165, 1.54) is 11.3 Å². The van der Waals surface area contributed by atoms with E-state index in [0.717, 1.165) is 41.0 Å². The molecule has 2 aromatic carbocycles. The molecule has 3 heterocycles. The monoisotopic (exact) mass is 521 g/mol. The summed E-state index contributed by atoms with van der Waals surface area (Å²) in [6.07, 6.45) is 3.37. The van der Waals surface area contributed by atoms with Gasteiger partial charge in [0.2, 0.25) is 6.79 Å². The summed E-state index contributed by atoms with van der Waals surface area (Å²) in [7, 11) is 0. The number of ether oxygens (including phenoxy) is 3. The number of anilines is 1. The van der Waals surface area contributed by atoms with Crippen molar-refractivity contribution in [1.82, 2.24) is 9.88 Å². The minimum Gasteiger partial charge on any atom is -0.454 e. The number of benzene rings is 2. The SMILES string of the molecule is Cc1ccc(Cl)c2sc(N(CCN3CCOCC3)C(=O)/C=C/c3ccc4c(c3)OCO4)nc12.Cl. The molecule has 1 saturated heterocycles. The maximum atomic E-state index is 13.3. The van der Waals surface area contributed by atoms with E-state index in [4.69, 9.17) is 30.8 Å². The first-order valence-electron chi connectivity index (χ1n) is 10.8. The number of rotatable bonds is 6. The normalized spacial score (nSPS) is 15.6. The van der Waals surface area contributed by atoms with E-state index in [2.05, 4.69) is 4.90 Å². The summed E-state index contributed by atoms with van der Waals surface area (Å²) in [6.45, 7) is 6.65. The largest absolute Gasteiger partial charge is 0.454 e. The van der Waals surface area contributed by atoms with Gasteiger partial charge in [-0.05, 0) is 42.3 Å². The highest BCUT2D eigenvalue weighted by atomic mass is 35.5. The first-order valence-corrected chi connectivity index (χ1v) is 12.0. The number of aromatic nitrogens is 1. The molecule has 34 heavy (non-hydrogen) atoms. The van der Waals surface area contributed by atoms with Crippen LogP contribution in [-0.2, 0) is 9.53 Å². The molecular weight excluding hydrogens is 497 g/mol. The van der Waals surface area contributed by atoms with Gasteiger partial charge in [0.1, 0.15) is 0 Å². The first kappa shape index (κ1) is 24.8. The summed E-state index contributed by atoms with van der Waals surface area (Å²) in [5.74, 6) is 1.27. The third-order valence-electron chi connectivity index (χ3n) is 5.74. The number of aryl methyl sites for hydroxylation is 1. The van der Waals surface area contributed by atoms with Crippen LogP contribution in [0.3, 0.4) is 0 Å². The van der Waals surface area contributed by atoms with Crippen LogP contribution >= 0.6 is 35.3 Å². The minimum atomic E-state index is -0.131. The zero-order chi connectivity index (χ0) is 22.8. The highest BCUT2D eigenvalue weighted by Crippen LogP contribution is 2.36. The average Bonchev–Trinajstić information content (AvgIpc) is 3.49. The predicted octanol–water partition coefficient (Wildman–Crippen LogP) is 4.79. The molecule has 0 bridgehead atoms. The van der Waals surface area contributed by atoms with Crippen LogP contribution in [0, 0.1) is 6.92 Å². The number of carbonyl (C=O) groups excluding carboxylic acids is 1. The van der Waals surface area contributed by atoms with E-state index in [9.17, 15) is 4.79 Å². The molecule has 180 valence electrons. The summed E-state index contributed by atoms with van der Waals surface area (Å²) in [6, 6.07) is 9.44. The molecule has 2 aliphatic rings. The quantitative estimate of drug-likeness (QED) is 0.434. The molecule has 3 aromatic rings. The van der Waals surface area contributed by atoms with Crippen LogP contribution in [0.1, 0.15) is 11.1 Å². The Hall–Kier alpha value is -2.36. The maximum Gasteiger partial charge on any atom is 0.252 e. The fraction of sp³-hybridized carbons (Fsp3) is 0.333. The Kier molecular flexibility index (Phi) is 7.95. The number of carbonyl (C=O) groups is 1. The first-order chi connectivity index (χ1) is 16.1. The van der Waals surface area contributed by atoms with Gasteiger partial charge < -0.3 is 14.2 Å². The van der Waals surface area contributed by atoms with Crippen molar-refractivity contribution in [1.29, 1.82) is 0 Å². The van der Waals surface area contributed by atoms with Gasteiger partial charge in [-0.1, -0.05) is 35.1 Å². The third-order valence-corrected chi connectivity index (χ3v) is 7.28. The number of nitrogens with zero attached hydrogens (tertiary/aromatic N) is 3. The van der Waals surface area contributed by atoms with E-state index in [-0.39, 0.29) is 25.1 Å². The lowest BCUT2D eigenvalue weighted by Crippen LogP contribution is -2.42. The predicted molar refractivity (Wildman–Crippen MR) is 138 cm³/mol. The van der Waals surface area contributed by atoms with E-state index >= 15 is 0 Å². The molecular formula is C24H25Cl2N3O4S. The van der Waals surface area contributed by atoms with Crippen LogP contribution in [0.25, 0.3) is 16.3 Å². The van der Waals surface area contributed by atoms with Crippen molar-refractivity contribution in [3.05, 3.63) is 52.6 Å². The number of amides is 1. The Morgan fingerprint density at radius 3 is 2.79 bits per heavy atom. The summed E-state index contributed by atoms with van der Waals surface area (Å²) in [5.41, 5.74) is 2.74. The number of fused-ring (bicyclic) bond motifs is 2. The second kappa shape index (κ2) is 10.9. The van der Waals surface area contributed by atoms with Crippen molar-refractivity contribution in [2.45, 2.75) is 6.92 Å². The number of halogens is 2. The van der Waals surface area contributed by atoms with E-state index in [1.54, 1.807) is 17.1 Å². The molecule has 0 saturated carbocycles. The van der Waals surface area contributed by atoms with Crippen LogP contribution in [0.5, 0.6) is 11.5 Å².